The molecule has 1 saturated heterocycles. The molecule has 5 nitrogen and oxygen atoms in total. The summed E-state index contributed by atoms with van der Waals surface area (Å²) in [5.74, 6) is -0.0774. The van der Waals surface area contributed by atoms with E-state index in [1.165, 1.54) is 0 Å². The van der Waals surface area contributed by atoms with Gasteiger partial charge < -0.3 is 16.2 Å². The van der Waals surface area contributed by atoms with E-state index in [9.17, 15) is 13.5 Å². The van der Waals surface area contributed by atoms with Crippen LogP contribution >= 0.6 is 0 Å². The number of nitrogens with one attached hydrogen (secondary N) is 1. The van der Waals surface area contributed by atoms with E-state index in [2.05, 4.69) is 5.32 Å². The number of rotatable bonds is 4. The highest BCUT2D eigenvalue weighted by Crippen LogP contribution is 2.11. The van der Waals surface area contributed by atoms with Gasteiger partial charge in [0.1, 0.15) is 0 Å². The van der Waals surface area contributed by atoms with Gasteiger partial charge in [-0.05, 0) is 19.5 Å². The SMILES string of the molecule is NCCCN[C@@H]1CS(=O)(=O)C[C@H]1O. The minimum atomic E-state index is -3.03. The first-order chi connectivity index (χ1) is 6.05. The van der Waals surface area contributed by atoms with Crippen LogP contribution in [-0.4, -0.2) is 50.3 Å². The summed E-state index contributed by atoms with van der Waals surface area (Å²) in [6, 6.07) is -0.309. The van der Waals surface area contributed by atoms with Crippen molar-refractivity contribution in [2.24, 2.45) is 5.73 Å². The van der Waals surface area contributed by atoms with E-state index in [1.807, 2.05) is 0 Å². The van der Waals surface area contributed by atoms with Gasteiger partial charge in [-0.15, -0.1) is 0 Å². The highest BCUT2D eigenvalue weighted by Gasteiger charge is 2.35. The van der Waals surface area contributed by atoms with E-state index < -0.39 is 15.9 Å². The van der Waals surface area contributed by atoms with Crippen LogP contribution in [0.5, 0.6) is 0 Å². The van der Waals surface area contributed by atoms with E-state index in [0.29, 0.717) is 13.1 Å². The number of hydrogen-bond acceptors (Lipinski definition) is 5. The molecule has 0 unspecified atom stereocenters. The van der Waals surface area contributed by atoms with Crippen LogP contribution in [0.2, 0.25) is 0 Å². The van der Waals surface area contributed by atoms with Crippen molar-refractivity contribution in [2.75, 3.05) is 24.6 Å². The van der Waals surface area contributed by atoms with E-state index in [1.54, 1.807) is 0 Å². The van der Waals surface area contributed by atoms with Crippen molar-refractivity contribution in [3.05, 3.63) is 0 Å². The lowest BCUT2D eigenvalue weighted by Gasteiger charge is -2.13. The van der Waals surface area contributed by atoms with Gasteiger partial charge in [-0.25, -0.2) is 8.42 Å². The first kappa shape index (κ1) is 10.9. The molecule has 0 aromatic carbocycles. The molecule has 0 aromatic heterocycles. The maximum Gasteiger partial charge on any atom is 0.154 e. The Labute approximate surface area is 78.2 Å². The smallest absolute Gasteiger partial charge is 0.154 e. The van der Waals surface area contributed by atoms with Crippen molar-refractivity contribution in [1.29, 1.82) is 0 Å². The highest BCUT2D eigenvalue weighted by atomic mass is 32.2. The summed E-state index contributed by atoms with van der Waals surface area (Å²) in [5.41, 5.74) is 5.28. The van der Waals surface area contributed by atoms with Crippen LogP contribution in [0.15, 0.2) is 0 Å². The zero-order valence-electron chi connectivity index (χ0n) is 7.44. The second kappa shape index (κ2) is 4.36. The van der Waals surface area contributed by atoms with E-state index in [4.69, 9.17) is 5.73 Å². The molecule has 1 rings (SSSR count). The normalized spacial score (nSPS) is 32.2. The van der Waals surface area contributed by atoms with Gasteiger partial charge in [-0.3, -0.25) is 0 Å². The molecule has 0 spiro atoms. The minimum absolute atomic E-state index is 0.0404. The fourth-order valence-electron chi connectivity index (χ4n) is 1.41. The third-order valence-corrected chi connectivity index (χ3v) is 3.83. The molecule has 6 heteroatoms. The lowest BCUT2D eigenvalue weighted by Crippen LogP contribution is -2.39. The van der Waals surface area contributed by atoms with Crippen molar-refractivity contribution in [3.8, 4) is 0 Å². The largest absolute Gasteiger partial charge is 0.390 e. The van der Waals surface area contributed by atoms with Gasteiger partial charge in [0.25, 0.3) is 0 Å². The van der Waals surface area contributed by atoms with Gasteiger partial charge in [-0.2, -0.15) is 0 Å². The van der Waals surface area contributed by atoms with E-state index in [0.717, 1.165) is 6.42 Å². The van der Waals surface area contributed by atoms with Gasteiger partial charge in [0.2, 0.25) is 0 Å². The third-order valence-electron chi connectivity index (χ3n) is 2.11. The number of sulfone groups is 1. The predicted molar refractivity (Wildman–Crippen MR) is 50.1 cm³/mol. The molecular weight excluding hydrogens is 192 g/mol. The molecule has 0 bridgehead atoms. The van der Waals surface area contributed by atoms with E-state index >= 15 is 0 Å². The first-order valence-electron chi connectivity index (χ1n) is 4.37. The minimum Gasteiger partial charge on any atom is -0.390 e. The molecule has 0 amide bonds. The Balaban J connectivity index is 2.36. The number of nitrogens with two attached hydrogens (primary N) is 1. The van der Waals surface area contributed by atoms with Crippen LogP contribution in [0.1, 0.15) is 6.42 Å². The average Bonchev–Trinajstić information content (AvgIpc) is 2.25. The van der Waals surface area contributed by atoms with Gasteiger partial charge in [0.05, 0.1) is 17.6 Å². The van der Waals surface area contributed by atoms with E-state index in [-0.39, 0.29) is 17.5 Å². The van der Waals surface area contributed by atoms with Crippen molar-refractivity contribution in [1.82, 2.24) is 5.32 Å². The fourth-order valence-corrected chi connectivity index (χ4v) is 3.19. The van der Waals surface area contributed by atoms with Crippen molar-refractivity contribution >= 4 is 9.84 Å². The van der Waals surface area contributed by atoms with Crippen molar-refractivity contribution in [3.63, 3.8) is 0 Å². The summed E-state index contributed by atoms with van der Waals surface area (Å²) < 4.78 is 22.1. The Hall–Kier alpha value is -0.170. The maximum absolute atomic E-state index is 11.1. The number of hydrogen-bond donors (Lipinski definition) is 3. The Bertz CT molecular complexity index is 252. The zero-order valence-corrected chi connectivity index (χ0v) is 8.26. The second-order valence-corrected chi connectivity index (χ2v) is 5.50. The third kappa shape index (κ3) is 3.22. The van der Waals surface area contributed by atoms with Crippen molar-refractivity contribution in [2.45, 2.75) is 18.6 Å². The quantitative estimate of drug-likeness (QED) is 0.468. The van der Waals surface area contributed by atoms with Crippen molar-refractivity contribution < 1.29 is 13.5 Å². The maximum atomic E-state index is 11.1. The molecule has 1 aliphatic heterocycles. The lowest BCUT2D eigenvalue weighted by molar-refractivity contribution is 0.166. The highest BCUT2D eigenvalue weighted by molar-refractivity contribution is 7.91. The fraction of sp³-hybridized carbons (Fsp3) is 1.00. The molecule has 2 atom stereocenters. The Morgan fingerprint density at radius 1 is 1.46 bits per heavy atom. The van der Waals surface area contributed by atoms with Gasteiger partial charge in [0, 0.05) is 6.04 Å². The zero-order chi connectivity index (χ0) is 9.90. The molecule has 0 saturated carbocycles. The molecule has 0 radical (unpaired) electrons. The first-order valence-corrected chi connectivity index (χ1v) is 6.19. The Morgan fingerprint density at radius 2 is 2.15 bits per heavy atom. The molecule has 0 aliphatic carbocycles. The summed E-state index contributed by atoms with van der Waals surface area (Å²) in [6.45, 7) is 1.23. The van der Waals surface area contributed by atoms with Crippen LogP contribution < -0.4 is 11.1 Å². The predicted octanol–water partition coefficient (Wildman–Crippen LogP) is -1.92. The summed E-state index contributed by atoms with van der Waals surface area (Å²) in [6.07, 6.45) is 0.0336. The topological polar surface area (TPSA) is 92.4 Å². The monoisotopic (exact) mass is 208 g/mol. The van der Waals surface area contributed by atoms with Gasteiger partial charge in [-0.1, -0.05) is 0 Å². The van der Waals surface area contributed by atoms with Crippen LogP contribution in [0.3, 0.4) is 0 Å². The molecule has 13 heavy (non-hydrogen) atoms. The molecule has 78 valence electrons. The number of aliphatic hydroxyl groups excluding tert-OH is 1. The summed E-state index contributed by atoms with van der Waals surface area (Å²) in [4.78, 5) is 0. The standard InChI is InChI=1S/C7H16N2O3S/c8-2-1-3-9-6-4-13(11,12)5-7(6)10/h6-7,9-10H,1-5,8H2/t6-,7-/m1/s1. The Morgan fingerprint density at radius 3 is 2.62 bits per heavy atom. The molecular formula is C7H16N2O3S. The molecule has 1 heterocycles. The summed E-state index contributed by atoms with van der Waals surface area (Å²) >= 11 is 0. The lowest BCUT2D eigenvalue weighted by atomic mass is 10.2. The number of aliphatic hydroxyl groups is 1. The van der Waals surface area contributed by atoms with Crippen LogP contribution in [0.25, 0.3) is 0 Å². The molecule has 4 N–H and O–H groups in total. The molecule has 1 fully saturated rings. The second-order valence-electron chi connectivity index (χ2n) is 3.35. The van der Waals surface area contributed by atoms with Crippen LogP contribution in [0.4, 0.5) is 0 Å². The Kier molecular flexibility index (Phi) is 3.66. The van der Waals surface area contributed by atoms with Gasteiger partial charge >= 0.3 is 0 Å². The molecule has 1 aliphatic rings. The average molecular weight is 208 g/mol. The van der Waals surface area contributed by atoms with Crippen LogP contribution in [-0.2, 0) is 9.84 Å². The molecule has 0 aromatic rings. The summed E-state index contributed by atoms with van der Waals surface area (Å²) in [7, 11) is -3.03. The summed E-state index contributed by atoms with van der Waals surface area (Å²) in [5, 5.41) is 12.3. The van der Waals surface area contributed by atoms with Gasteiger partial charge in [0.15, 0.2) is 9.84 Å². The van der Waals surface area contributed by atoms with Crippen LogP contribution in [0, 0.1) is 0 Å².